The van der Waals surface area contributed by atoms with E-state index in [1.54, 1.807) is 12.1 Å². The lowest BCUT2D eigenvalue weighted by atomic mass is 9.61. The number of ether oxygens (including phenoxy) is 1. The van der Waals surface area contributed by atoms with Crippen molar-refractivity contribution in [2.24, 2.45) is 0 Å². The molecule has 1 saturated heterocycles. The monoisotopic (exact) mass is 534 g/mol. The second kappa shape index (κ2) is 9.64. The molecule has 1 aliphatic heterocycles. The summed E-state index contributed by atoms with van der Waals surface area (Å²) in [5.41, 5.74) is 2.31. The number of hydrogen-bond acceptors (Lipinski definition) is 9. The van der Waals surface area contributed by atoms with E-state index < -0.39 is 10.3 Å². The molecule has 196 valence electrons. The summed E-state index contributed by atoms with van der Waals surface area (Å²) in [6.45, 7) is 1.56. The molecule has 2 aliphatic carbocycles. The van der Waals surface area contributed by atoms with Gasteiger partial charge in [0, 0.05) is 23.7 Å². The highest BCUT2D eigenvalue weighted by molar-refractivity contribution is 6.29. The largest absolute Gasteiger partial charge is 0.476 e. The molecule has 1 spiro atoms. The molecule has 2 aromatic heterocycles. The van der Waals surface area contributed by atoms with Crippen LogP contribution in [0, 0.1) is 21.4 Å². The summed E-state index contributed by atoms with van der Waals surface area (Å²) in [5, 5.41) is 26.4. The van der Waals surface area contributed by atoms with Gasteiger partial charge in [0.2, 0.25) is 5.88 Å². The Balaban J connectivity index is 1.41. The topological polar surface area (TPSA) is 131 Å². The first-order chi connectivity index (χ1) is 18.4. The van der Waals surface area contributed by atoms with Crippen LogP contribution in [0.5, 0.6) is 5.88 Å². The van der Waals surface area contributed by atoms with Crippen molar-refractivity contribution in [2.45, 2.75) is 62.8 Å². The van der Waals surface area contributed by atoms with Crippen LogP contribution in [0.1, 0.15) is 66.5 Å². The lowest BCUT2D eigenvalue weighted by Crippen LogP contribution is -2.36. The summed E-state index contributed by atoms with van der Waals surface area (Å²) in [5.74, 6) is 1.35. The molecule has 1 fully saturated rings. The van der Waals surface area contributed by atoms with Gasteiger partial charge in [-0.3, -0.25) is 10.1 Å². The first kappa shape index (κ1) is 24.8. The normalized spacial score (nSPS) is 22.6. The number of benzene rings is 1. The fourth-order valence-electron chi connectivity index (χ4n) is 6.56. The van der Waals surface area contributed by atoms with E-state index in [1.807, 2.05) is 0 Å². The van der Waals surface area contributed by atoms with Gasteiger partial charge < -0.3 is 14.2 Å². The summed E-state index contributed by atoms with van der Waals surface area (Å²) in [6.07, 6.45) is 6.81. The fraction of sp³-hybridized carbons (Fsp3) is 0.481. The van der Waals surface area contributed by atoms with Crippen LogP contribution < -0.4 is 4.74 Å². The number of nitriles is 1. The van der Waals surface area contributed by atoms with Gasteiger partial charge in [-0.25, -0.2) is 4.98 Å². The third-order valence-corrected chi connectivity index (χ3v) is 8.53. The summed E-state index contributed by atoms with van der Waals surface area (Å²) in [6, 6.07) is 7.29. The highest BCUT2D eigenvalue weighted by atomic mass is 35.5. The summed E-state index contributed by atoms with van der Waals surface area (Å²) in [4.78, 5) is 22.6. The van der Waals surface area contributed by atoms with E-state index in [0.29, 0.717) is 47.8 Å². The Morgan fingerprint density at radius 2 is 2.11 bits per heavy atom. The zero-order valence-corrected chi connectivity index (χ0v) is 21.8. The molecule has 38 heavy (non-hydrogen) atoms. The van der Waals surface area contributed by atoms with Crippen LogP contribution >= 0.6 is 11.6 Å². The van der Waals surface area contributed by atoms with Crippen molar-refractivity contribution in [1.82, 2.24) is 20.0 Å². The van der Waals surface area contributed by atoms with Crippen LogP contribution in [0.3, 0.4) is 0 Å². The van der Waals surface area contributed by atoms with Crippen LogP contribution in [0.15, 0.2) is 22.7 Å². The third kappa shape index (κ3) is 4.01. The van der Waals surface area contributed by atoms with E-state index in [2.05, 4.69) is 33.1 Å². The maximum Gasteiger partial charge on any atom is 0.287 e. The highest BCUT2D eigenvalue weighted by Gasteiger charge is 2.48. The van der Waals surface area contributed by atoms with E-state index in [-0.39, 0.29) is 16.4 Å². The number of fused-ring (bicyclic) bond motifs is 4. The van der Waals surface area contributed by atoms with Crippen molar-refractivity contribution in [3.05, 3.63) is 61.5 Å². The number of halogens is 1. The molecule has 1 aromatic carbocycles. The van der Waals surface area contributed by atoms with Gasteiger partial charge in [-0.15, -0.1) is 0 Å². The van der Waals surface area contributed by atoms with Crippen LogP contribution in [0.25, 0.3) is 11.5 Å². The van der Waals surface area contributed by atoms with Crippen LogP contribution in [-0.2, 0) is 18.3 Å². The van der Waals surface area contributed by atoms with E-state index in [4.69, 9.17) is 20.9 Å². The van der Waals surface area contributed by atoms with Crippen molar-refractivity contribution in [3.63, 3.8) is 0 Å². The van der Waals surface area contributed by atoms with Crippen LogP contribution in [0.2, 0.25) is 5.15 Å². The molecular weight excluding hydrogens is 508 g/mol. The van der Waals surface area contributed by atoms with Gasteiger partial charge in [-0.05, 0) is 76.1 Å². The quantitative estimate of drug-likeness (QED) is 0.252. The number of nitro benzene ring substituents is 1. The maximum atomic E-state index is 11.8. The summed E-state index contributed by atoms with van der Waals surface area (Å²) >= 11 is 6.37. The number of rotatable bonds is 5. The minimum atomic E-state index is -0.658. The number of aromatic nitrogens is 3. The van der Waals surface area contributed by atoms with E-state index in [1.165, 1.54) is 6.07 Å². The van der Waals surface area contributed by atoms with E-state index in [9.17, 15) is 15.4 Å². The molecule has 6 rings (SSSR count). The summed E-state index contributed by atoms with van der Waals surface area (Å²) < 4.78 is 12.0. The molecule has 2 atom stereocenters. The third-order valence-electron chi connectivity index (χ3n) is 8.34. The molecular formula is C27H27ClN6O4. The Bertz CT molecular complexity index is 1460. The Morgan fingerprint density at radius 1 is 1.29 bits per heavy atom. The van der Waals surface area contributed by atoms with Crippen LogP contribution in [0.4, 0.5) is 5.69 Å². The van der Waals surface area contributed by atoms with Gasteiger partial charge in [-0.2, -0.15) is 10.2 Å². The minimum absolute atomic E-state index is 0.115. The van der Waals surface area contributed by atoms with Gasteiger partial charge in [0.1, 0.15) is 23.4 Å². The maximum absolute atomic E-state index is 11.8. The number of likely N-dealkylation sites (N-methyl/N-ethyl adjacent to an activating group) is 1. The van der Waals surface area contributed by atoms with E-state index in [0.717, 1.165) is 62.6 Å². The SMILES string of the molecule is CN1CCCC1COc1cc(Cl)nc(-c2noc3c2CCCC32CCCc3ccc([N+](=O)[O-])c(C#N)c32)n1. The molecule has 0 radical (unpaired) electrons. The molecule has 3 aromatic rings. The van der Waals surface area contributed by atoms with Gasteiger partial charge in [0.25, 0.3) is 5.69 Å². The Morgan fingerprint density at radius 3 is 2.84 bits per heavy atom. The zero-order chi connectivity index (χ0) is 26.4. The Kier molecular flexibility index (Phi) is 6.28. The Labute approximate surface area is 224 Å². The molecule has 0 amide bonds. The summed E-state index contributed by atoms with van der Waals surface area (Å²) in [7, 11) is 2.09. The number of nitrogens with zero attached hydrogens (tertiary/aromatic N) is 6. The smallest absolute Gasteiger partial charge is 0.287 e. The molecule has 0 bridgehead atoms. The molecule has 11 heteroatoms. The zero-order valence-electron chi connectivity index (χ0n) is 21.1. The van der Waals surface area contributed by atoms with E-state index >= 15 is 0 Å². The lowest BCUT2D eigenvalue weighted by molar-refractivity contribution is -0.385. The predicted octanol–water partition coefficient (Wildman–Crippen LogP) is 5.00. The number of nitro groups is 1. The second-order valence-electron chi connectivity index (χ2n) is 10.4. The number of hydrogen-bond donors (Lipinski definition) is 0. The van der Waals surface area contributed by atoms with Crippen molar-refractivity contribution in [1.29, 1.82) is 5.26 Å². The fourth-order valence-corrected chi connectivity index (χ4v) is 6.73. The molecule has 0 saturated carbocycles. The number of aryl methyl sites for hydroxylation is 1. The van der Waals surface area contributed by atoms with Crippen molar-refractivity contribution >= 4 is 17.3 Å². The van der Waals surface area contributed by atoms with Gasteiger partial charge in [0.15, 0.2) is 17.3 Å². The Hall–Kier alpha value is -3.55. The molecule has 2 unspecified atom stereocenters. The van der Waals surface area contributed by atoms with Crippen LogP contribution in [-0.4, -0.2) is 51.2 Å². The van der Waals surface area contributed by atoms with Crippen molar-refractivity contribution in [3.8, 4) is 23.5 Å². The van der Waals surface area contributed by atoms with Crippen molar-refractivity contribution < 1.29 is 14.2 Å². The number of likely N-dealkylation sites (tertiary alicyclic amines) is 1. The molecule has 0 N–H and O–H groups in total. The average Bonchev–Trinajstić information content (AvgIpc) is 3.53. The van der Waals surface area contributed by atoms with Crippen molar-refractivity contribution in [2.75, 3.05) is 20.2 Å². The highest BCUT2D eigenvalue weighted by Crippen LogP contribution is 2.53. The average molecular weight is 535 g/mol. The lowest BCUT2D eigenvalue weighted by Gasteiger charge is -2.40. The molecule has 10 nitrogen and oxygen atoms in total. The first-order valence-electron chi connectivity index (χ1n) is 13.0. The predicted molar refractivity (Wildman–Crippen MR) is 138 cm³/mol. The standard InChI is InChI=1S/C27H27ClN6O4/c1-33-12-4-6-17(33)15-37-22-13-21(28)30-26(31-22)24-18-7-3-11-27(25(18)38-32-24)10-2-5-16-8-9-20(34(35)36)19(14-29)23(16)27/h8-9,13,17H,2-7,10-12,15H2,1H3. The van der Waals surface area contributed by atoms with Gasteiger partial charge in [-0.1, -0.05) is 22.8 Å². The second-order valence-corrected chi connectivity index (χ2v) is 10.8. The minimum Gasteiger partial charge on any atom is -0.476 e. The van der Waals surface area contributed by atoms with Gasteiger partial charge in [0.05, 0.1) is 10.3 Å². The molecule has 3 heterocycles. The first-order valence-corrected chi connectivity index (χ1v) is 13.4. The molecule has 3 aliphatic rings. The van der Waals surface area contributed by atoms with Gasteiger partial charge >= 0.3 is 0 Å².